The fourth-order valence-corrected chi connectivity index (χ4v) is 6.88. The summed E-state index contributed by atoms with van der Waals surface area (Å²) in [7, 11) is 0. The second-order valence-corrected chi connectivity index (χ2v) is 13.0. The molecule has 2 amide bonds. The molecule has 0 radical (unpaired) electrons. The number of carbonyl (C=O) groups is 3. The van der Waals surface area contributed by atoms with Crippen LogP contribution in [0, 0.1) is 11.3 Å². The Morgan fingerprint density at radius 1 is 1.03 bits per heavy atom. The van der Waals surface area contributed by atoms with Crippen LogP contribution in [-0.2, 0) is 33.6 Å². The molecule has 0 saturated heterocycles. The van der Waals surface area contributed by atoms with Crippen LogP contribution in [0.1, 0.15) is 60.5 Å². The number of thiophene rings is 1. The highest BCUT2D eigenvalue weighted by Gasteiger charge is 2.34. The van der Waals surface area contributed by atoms with Crippen molar-refractivity contribution >= 4 is 51.6 Å². The molecule has 1 aliphatic rings. The highest BCUT2D eigenvalue weighted by Crippen LogP contribution is 2.44. The van der Waals surface area contributed by atoms with Gasteiger partial charge in [0.05, 0.1) is 24.3 Å². The number of hydrogen-bond acceptors (Lipinski definition) is 6. The van der Waals surface area contributed by atoms with Crippen LogP contribution >= 0.6 is 23.1 Å². The molecule has 1 unspecified atom stereocenters. The molecule has 0 saturated carbocycles. The molecule has 0 aliphatic heterocycles. The van der Waals surface area contributed by atoms with Crippen molar-refractivity contribution in [3.05, 3.63) is 76.2 Å². The predicted octanol–water partition coefficient (Wildman–Crippen LogP) is 6.99. The van der Waals surface area contributed by atoms with Gasteiger partial charge in [0.25, 0.3) is 0 Å². The maximum atomic E-state index is 13.0. The molecule has 0 fully saturated rings. The number of carbonyl (C=O) groups excluding carboxylic acids is 3. The fourth-order valence-electron chi connectivity index (χ4n) is 4.79. The summed E-state index contributed by atoms with van der Waals surface area (Å²) in [6.07, 6.45) is 3.03. The Balaban J connectivity index is 1.40. The molecule has 0 spiro atoms. The molecule has 6 nitrogen and oxygen atoms in total. The van der Waals surface area contributed by atoms with Gasteiger partial charge in [0, 0.05) is 15.5 Å². The van der Waals surface area contributed by atoms with E-state index < -0.39 is 0 Å². The average Bonchev–Trinajstić information content (AvgIpc) is 3.25. The van der Waals surface area contributed by atoms with Crippen LogP contribution in [0.4, 0.5) is 10.7 Å². The first-order chi connectivity index (χ1) is 18.6. The van der Waals surface area contributed by atoms with Crippen molar-refractivity contribution < 1.29 is 19.1 Å². The number of anilines is 2. The summed E-state index contributed by atoms with van der Waals surface area (Å²) < 4.78 is 5.36. The van der Waals surface area contributed by atoms with Crippen molar-refractivity contribution in [3.8, 4) is 0 Å². The summed E-state index contributed by atoms with van der Waals surface area (Å²) >= 11 is 2.89. The topological polar surface area (TPSA) is 84.5 Å². The largest absolute Gasteiger partial charge is 0.462 e. The van der Waals surface area contributed by atoms with E-state index in [0.717, 1.165) is 35.3 Å². The highest BCUT2D eigenvalue weighted by atomic mass is 32.2. The van der Waals surface area contributed by atoms with Crippen molar-refractivity contribution in [3.63, 3.8) is 0 Å². The Morgan fingerprint density at radius 3 is 2.51 bits per heavy atom. The summed E-state index contributed by atoms with van der Waals surface area (Å²) in [5, 5.41) is 6.51. The molecule has 8 heteroatoms. The lowest BCUT2D eigenvalue weighted by molar-refractivity contribution is -0.115. The summed E-state index contributed by atoms with van der Waals surface area (Å²) in [6.45, 7) is 8.85. The average molecular weight is 565 g/mol. The first kappa shape index (κ1) is 28.9. The molecule has 1 aliphatic carbocycles. The maximum Gasteiger partial charge on any atom is 0.341 e. The van der Waals surface area contributed by atoms with Crippen LogP contribution < -0.4 is 10.6 Å². The molecule has 206 valence electrons. The molecule has 2 N–H and O–H groups in total. The number of amides is 2. The van der Waals surface area contributed by atoms with E-state index in [1.165, 1.54) is 28.0 Å². The second kappa shape index (κ2) is 12.8. The van der Waals surface area contributed by atoms with Crippen molar-refractivity contribution in [2.24, 2.45) is 11.3 Å². The third-order valence-corrected chi connectivity index (χ3v) is 9.08. The summed E-state index contributed by atoms with van der Waals surface area (Å²) in [4.78, 5) is 40.3. The minimum atomic E-state index is -0.369. The first-order valence-electron chi connectivity index (χ1n) is 13.3. The van der Waals surface area contributed by atoms with Gasteiger partial charge >= 0.3 is 5.97 Å². The minimum absolute atomic E-state index is 0.0945. The molecular formula is C31H36N2O4S2. The van der Waals surface area contributed by atoms with E-state index in [-0.39, 0.29) is 35.6 Å². The van der Waals surface area contributed by atoms with E-state index in [2.05, 4.69) is 31.4 Å². The van der Waals surface area contributed by atoms with Gasteiger partial charge < -0.3 is 15.4 Å². The van der Waals surface area contributed by atoms with Gasteiger partial charge in [-0.1, -0.05) is 57.2 Å². The Morgan fingerprint density at radius 2 is 1.79 bits per heavy atom. The van der Waals surface area contributed by atoms with Crippen LogP contribution in [0.25, 0.3) is 0 Å². The standard InChI is InChI=1S/C31H36N2O4S2/c1-5-37-30(36)28-24-15-14-21(31(2,3)4)17-25(24)39-29(28)33-27(35)19-38-23-13-9-12-22(18-23)32-26(34)16-20-10-7-6-8-11-20/h6-13,18,21H,5,14-17,19H2,1-4H3,(H,32,34)(H,33,35). The Labute approximate surface area is 238 Å². The van der Waals surface area contributed by atoms with Gasteiger partial charge in [-0.3, -0.25) is 9.59 Å². The third kappa shape index (κ3) is 7.73. The number of nitrogens with one attached hydrogen (secondary N) is 2. The monoisotopic (exact) mass is 564 g/mol. The number of thioether (sulfide) groups is 1. The van der Waals surface area contributed by atoms with Crippen LogP contribution in [0.2, 0.25) is 0 Å². The molecule has 1 atom stereocenters. The maximum absolute atomic E-state index is 13.0. The van der Waals surface area contributed by atoms with Gasteiger partial charge in [-0.25, -0.2) is 4.79 Å². The smallest absolute Gasteiger partial charge is 0.341 e. The van der Waals surface area contributed by atoms with Gasteiger partial charge in [-0.05, 0) is 66.8 Å². The van der Waals surface area contributed by atoms with Gasteiger partial charge in [0.1, 0.15) is 5.00 Å². The Hall–Kier alpha value is -3.10. The molecule has 3 aromatic rings. The van der Waals surface area contributed by atoms with E-state index in [0.29, 0.717) is 28.6 Å². The molecule has 0 bridgehead atoms. The van der Waals surface area contributed by atoms with Crippen LogP contribution in [-0.4, -0.2) is 30.1 Å². The zero-order chi connectivity index (χ0) is 28.0. The summed E-state index contributed by atoms with van der Waals surface area (Å²) in [5.74, 6) is 0.0546. The molecule has 4 rings (SSSR count). The van der Waals surface area contributed by atoms with Crippen LogP contribution in [0.3, 0.4) is 0 Å². The molecule has 1 aromatic heterocycles. The van der Waals surface area contributed by atoms with Crippen molar-refractivity contribution in [1.82, 2.24) is 0 Å². The number of fused-ring (bicyclic) bond motifs is 1. The van der Waals surface area contributed by atoms with E-state index in [9.17, 15) is 14.4 Å². The van der Waals surface area contributed by atoms with E-state index >= 15 is 0 Å². The minimum Gasteiger partial charge on any atom is -0.462 e. The fraction of sp³-hybridized carbons (Fsp3) is 0.387. The normalized spacial score (nSPS) is 14.8. The van der Waals surface area contributed by atoms with Crippen LogP contribution in [0.5, 0.6) is 0 Å². The summed E-state index contributed by atoms with van der Waals surface area (Å²) in [6, 6.07) is 17.0. The zero-order valence-corrected chi connectivity index (χ0v) is 24.6. The Kier molecular flexibility index (Phi) is 9.51. The SMILES string of the molecule is CCOC(=O)c1c(NC(=O)CSc2cccc(NC(=O)Cc3ccccc3)c2)sc2c1CCC(C(C)(C)C)C2. The quantitative estimate of drug-likeness (QED) is 0.216. The molecular weight excluding hydrogens is 528 g/mol. The van der Waals surface area contributed by atoms with Gasteiger partial charge in [-0.15, -0.1) is 23.1 Å². The summed E-state index contributed by atoms with van der Waals surface area (Å²) in [5.41, 5.74) is 3.36. The van der Waals surface area contributed by atoms with E-state index in [4.69, 9.17) is 4.74 Å². The second-order valence-electron chi connectivity index (χ2n) is 10.8. The van der Waals surface area contributed by atoms with E-state index in [1.807, 2.05) is 54.6 Å². The van der Waals surface area contributed by atoms with Crippen molar-refractivity contribution in [2.45, 2.75) is 58.3 Å². The number of benzene rings is 2. The number of ether oxygens (including phenoxy) is 1. The molecule has 39 heavy (non-hydrogen) atoms. The lowest BCUT2D eigenvalue weighted by atomic mass is 9.72. The molecule has 1 heterocycles. The number of esters is 1. The van der Waals surface area contributed by atoms with Crippen LogP contribution in [0.15, 0.2) is 59.5 Å². The van der Waals surface area contributed by atoms with Gasteiger partial charge in [-0.2, -0.15) is 0 Å². The highest BCUT2D eigenvalue weighted by molar-refractivity contribution is 8.00. The lowest BCUT2D eigenvalue weighted by Crippen LogP contribution is -2.26. The van der Waals surface area contributed by atoms with Gasteiger partial charge in [0.2, 0.25) is 11.8 Å². The lowest BCUT2D eigenvalue weighted by Gasteiger charge is -2.33. The molecule has 2 aromatic carbocycles. The number of rotatable bonds is 9. The van der Waals surface area contributed by atoms with Gasteiger partial charge in [0.15, 0.2) is 0 Å². The van der Waals surface area contributed by atoms with Crippen molar-refractivity contribution in [2.75, 3.05) is 23.0 Å². The number of hydrogen-bond donors (Lipinski definition) is 2. The third-order valence-electron chi connectivity index (χ3n) is 6.92. The van der Waals surface area contributed by atoms with Crippen molar-refractivity contribution in [1.29, 1.82) is 0 Å². The van der Waals surface area contributed by atoms with E-state index in [1.54, 1.807) is 6.92 Å². The first-order valence-corrected chi connectivity index (χ1v) is 15.1. The Bertz CT molecular complexity index is 1330. The predicted molar refractivity (Wildman–Crippen MR) is 160 cm³/mol. The zero-order valence-electron chi connectivity index (χ0n) is 23.0.